The average molecular weight is 331 g/mol. The standard InChI is InChI=1S/C19H29N3O2/c1-3-24-17-9-5-4-8-16(17)18(19(23)21-11-6-7-12-21)22-13-10-20-15(2)14-22/h4-5,8-9,15,18,20H,3,6-7,10-14H2,1-2H3. The maximum atomic E-state index is 13.3. The van der Waals surface area contributed by atoms with Gasteiger partial charge in [-0.1, -0.05) is 18.2 Å². The number of carbonyl (C=O) groups excluding carboxylic acids is 1. The molecule has 5 heteroatoms. The van der Waals surface area contributed by atoms with E-state index >= 15 is 0 Å². The summed E-state index contributed by atoms with van der Waals surface area (Å²) in [4.78, 5) is 17.7. The summed E-state index contributed by atoms with van der Waals surface area (Å²) in [6.45, 7) is 9.22. The lowest BCUT2D eigenvalue weighted by Crippen LogP contribution is -2.53. The number of nitrogens with zero attached hydrogens (tertiary/aromatic N) is 2. The number of likely N-dealkylation sites (tertiary alicyclic amines) is 1. The molecule has 2 heterocycles. The summed E-state index contributed by atoms with van der Waals surface area (Å²) in [5, 5.41) is 3.47. The number of benzene rings is 1. The third-order valence-electron chi connectivity index (χ3n) is 4.93. The Labute approximate surface area is 145 Å². The summed E-state index contributed by atoms with van der Waals surface area (Å²) in [6.07, 6.45) is 2.23. The molecule has 1 N–H and O–H groups in total. The number of piperazine rings is 1. The Morgan fingerprint density at radius 2 is 2.04 bits per heavy atom. The van der Waals surface area contributed by atoms with Crippen LogP contribution in [-0.4, -0.2) is 61.1 Å². The molecule has 0 saturated carbocycles. The lowest BCUT2D eigenvalue weighted by atomic mass is 10.0. The van der Waals surface area contributed by atoms with Crippen molar-refractivity contribution in [1.82, 2.24) is 15.1 Å². The van der Waals surface area contributed by atoms with Gasteiger partial charge in [-0.15, -0.1) is 0 Å². The van der Waals surface area contributed by atoms with E-state index in [1.54, 1.807) is 0 Å². The summed E-state index contributed by atoms with van der Waals surface area (Å²) in [5.41, 5.74) is 1.00. The third-order valence-corrected chi connectivity index (χ3v) is 4.93. The van der Waals surface area contributed by atoms with Crippen molar-refractivity contribution in [2.24, 2.45) is 0 Å². The molecule has 0 spiro atoms. The van der Waals surface area contributed by atoms with Gasteiger partial charge in [0.15, 0.2) is 0 Å². The van der Waals surface area contributed by atoms with Gasteiger partial charge >= 0.3 is 0 Å². The van der Waals surface area contributed by atoms with Crippen molar-refractivity contribution >= 4 is 5.91 Å². The normalized spacial score (nSPS) is 23.2. The fourth-order valence-corrected chi connectivity index (χ4v) is 3.79. The molecule has 2 atom stereocenters. The van der Waals surface area contributed by atoms with Crippen LogP contribution in [0.3, 0.4) is 0 Å². The maximum absolute atomic E-state index is 13.3. The zero-order chi connectivity index (χ0) is 16.9. The van der Waals surface area contributed by atoms with Crippen LogP contribution >= 0.6 is 0 Å². The molecule has 3 rings (SSSR count). The molecule has 2 saturated heterocycles. The van der Waals surface area contributed by atoms with Gasteiger partial charge in [-0.25, -0.2) is 0 Å². The predicted molar refractivity (Wildman–Crippen MR) is 95.2 cm³/mol. The van der Waals surface area contributed by atoms with E-state index in [4.69, 9.17) is 4.74 Å². The van der Waals surface area contributed by atoms with Gasteiger partial charge in [0.05, 0.1) is 6.61 Å². The Balaban J connectivity index is 1.93. The van der Waals surface area contributed by atoms with E-state index in [2.05, 4.69) is 23.2 Å². The molecule has 0 radical (unpaired) electrons. The SMILES string of the molecule is CCOc1ccccc1C(C(=O)N1CCCC1)N1CCNC(C)C1. The molecule has 2 aliphatic rings. The van der Waals surface area contributed by atoms with E-state index < -0.39 is 0 Å². The van der Waals surface area contributed by atoms with Crippen LogP contribution in [-0.2, 0) is 4.79 Å². The van der Waals surface area contributed by atoms with E-state index in [0.29, 0.717) is 12.6 Å². The summed E-state index contributed by atoms with van der Waals surface area (Å²) in [7, 11) is 0. The summed E-state index contributed by atoms with van der Waals surface area (Å²) in [5.74, 6) is 1.07. The molecule has 1 aromatic rings. The van der Waals surface area contributed by atoms with Gasteiger partial charge in [0.25, 0.3) is 0 Å². The summed E-state index contributed by atoms with van der Waals surface area (Å²) in [6, 6.07) is 8.17. The van der Waals surface area contributed by atoms with Crippen molar-refractivity contribution in [1.29, 1.82) is 0 Å². The highest BCUT2D eigenvalue weighted by molar-refractivity contribution is 5.84. The molecule has 2 unspecified atom stereocenters. The number of para-hydroxylation sites is 1. The van der Waals surface area contributed by atoms with Crippen molar-refractivity contribution in [2.75, 3.05) is 39.3 Å². The van der Waals surface area contributed by atoms with Crippen molar-refractivity contribution in [3.63, 3.8) is 0 Å². The smallest absolute Gasteiger partial charge is 0.244 e. The second-order valence-corrected chi connectivity index (χ2v) is 6.76. The van der Waals surface area contributed by atoms with Gasteiger partial charge in [0.1, 0.15) is 11.8 Å². The summed E-state index contributed by atoms with van der Waals surface area (Å²) >= 11 is 0. The van der Waals surface area contributed by atoms with Crippen LogP contribution in [0.15, 0.2) is 24.3 Å². The minimum atomic E-state index is -0.240. The first-order chi connectivity index (χ1) is 11.7. The Morgan fingerprint density at radius 1 is 1.29 bits per heavy atom. The molecular weight excluding hydrogens is 302 g/mol. The number of hydrogen-bond donors (Lipinski definition) is 1. The highest BCUT2D eigenvalue weighted by Gasteiger charge is 2.35. The van der Waals surface area contributed by atoms with E-state index in [1.807, 2.05) is 30.0 Å². The number of nitrogens with one attached hydrogen (secondary N) is 1. The monoisotopic (exact) mass is 331 g/mol. The zero-order valence-corrected chi connectivity index (χ0v) is 14.8. The highest BCUT2D eigenvalue weighted by Crippen LogP contribution is 2.32. The Kier molecular flexibility index (Phi) is 5.74. The molecule has 0 aromatic heterocycles. The van der Waals surface area contributed by atoms with Gasteiger partial charge in [-0.05, 0) is 32.8 Å². The molecule has 2 aliphatic heterocycles. The molecule has 1 aromatic carbocycles. The van der Waals surface area contributed by atoms with Gasteiger partial charge in [0, 0.05) is 44.3 Å². The minimum absolute atomic E-state index is 0.230. The molecule has 5 nitrogen and oxygen atoms in total. The largest absolute Gasteiger partial charge is 0.494 e. The van der Waals surface area contributed by atoms with Crippen LogP contribution in [0, 0.1) is 0 Å². The second kappa shape index (κ2) is 7.99. The van der Waals surface area contributed by atoms with Crippen LogP contribution < -0.4 is 10.1 Å². The van der Waals surface area contributed by atoms with E-state index in [-0.39, 0.29) is 11.9 Å². The van der Waals surface area contributed by atoms with Gasteiger partial charge in [-0.2, -0.15) is 0 Å². The van der Waals surface area contributed by atoms with Gasteiger partial charge < -0.3 is 15.0 Å². The lowest BCUT2D eigenvalue weighted by Gasteiger charge is -2.39. The summed E-state index contributed by atoms with van der Waals surface area (Å²) < 4.78 is 5.84. The molecule has 1 amide bonds. The highest BCUT2D eigenvalue weighted by atomic mass is 16.5. The second-order valence-electron chi connectivity index (χ2n) is 6.76. The van der Waals surface area contributed by atoms with Crippen LogP contribution in [0.5, 0.6) is 5.75 Å². The molecule has 132 valence electrons. The first-order valence-electron chi connectivity index (χ1n) is 9.18. The topological polar surface area (TPSA) is 44.8 Å². The fraction of sp³-hybridized carbons (Fsp3) is 0.632. The predicted octanol–water partition coefficient (Wildman–Crippen LogP) is 2.04. The number of carbonyl (C=O) groups is 1. The van der Waals surface area contributed by atoms with Crippen molar-refractivity contribution < 1.29 is 9.53 Å². The number of hydrogen-bond acceptors (Lipinski definition) is 4. The Morgan fingerprint density at radius 3 is 2.75 bits per heavy atom. The number of rotatable bonds is 5. The Bertz CT molecular complexity index is 557. The molecule has 0 bridgehead atoms. The molecular formula is C19H29N3O2. The van der Waals surface area contributed by atoms with Crippen LogP contribution in [0.25, 0.3) is 0 Å². The van der Waals surface area contributed by atoms with Crippen LogP contribution in [0.1, 0.15) is 38.3 Å². The molecule has 0 aliphatic carbocycles. The Hall–Kier alpha value is -1.59. The third kappa shape index (κ3) is 3.73. The van der Waals surface area contributed by atoms with Gasteiger partial charge in [0.2, 0.25) is 5.91 Å². The zero-order valence-electron chi connectivity index (χ0n) is 14.8. The van der Waals surface area contributed by atoms with Crippen molar-refractivity contribution in [2.45, 2.75) is 38.8 Å². The van der Waals surface area contributed by atoms with E-state index in [9.17, 15) is 4.79 Å². The molecule has 24 heavy (non-hydrogen) atoms. The van der Waals surface area contributed by atoms with E-state index in [1.165, 1.54) is 0 Å². The fourth-order valence-electron chi connectivity index (χ4n) is 3.79. The number of amides is 1. The van der Waals surface area contributed by atoms with Crippen molar-refractivity contribution in [3.8, 4) is 5.75 Å². The average Bonchev–Trinajstić information content (AvgIpc) is 3.11. The van der Waals surface area contributed by atoms with Crippen molar-refractivity contribution in [3.05, 3.63) is 29.8 Å². The minimum Gasteiger partial charge on any atom is -0.494 e. The lowest BCUT2D eigenvalue weighted by molar-refractivity contribution is -0.136. The van der Waals surface area contributed by atoms with Gasteiger partial charge in [-0.3, -0.25) is 9.69 Å². The maximum Gasteiger partial charge on any atom is 0.244 e. The first kappa shape index (κ1) is 17.2. The first-order valence-corrected chi connectivity index (χ1v) is 9.18. The van der Waals surface area contributed by atoms with Crippen LogP contribution in [0.2, 0.25) is 0 Å². The quantitative estimate of drug-likeness (QED) is 0.897. The van der Waals surface area contributed by atoms with E-state index in [0.717, 1.165) is 56.9 Å². The number of ether oxygens (including phenoxy) is 1. The molecule has 2 fully saturated rings. The van der Waals surface area contributed by atoms with Crippen LogP contribution in [0.4, 0.5) is 0 Å².